The summed E-state index contributed by atoms with van der Waals surface area (Å²) in [6.45, 7) is 5.54. The molecule has 0 atom stereocenters. The second-order valence-electron chi connectivity index (χ2n) is 4.36. The van der Waals surface area contributed by atoms with Crippen molar-refractivity contribution < 1.29 is 8.42 Å². The Morgan fingerprint density at radius 1 is 1.32 bits per heavy atom. The summed E-state index contributed by atoms with van der Waals surface area (Å²) in [7, 11) is -3.57. The standard InChI is InChI=1S/C13H15BrN2O2S/c1-4-13-15-10(3)8-16(13)19(17,18)11-5-6-12(14)9(2)7-11/h5-8H,4H2,1-3H3. The van der Waals surface area contributed by atoms with Crippen LogP contribution in [0, 0.1) is 13.8 Å². The van der Waals surface area contributed by atoms with E-state index in [0.717, 1.165) is 10.0 Å². The van der Waals surface area contributed by atoms with Crippen LogP contribution in [0.25, 0.3) is 0 Å². The highest BCUT2D eigenvalue weighted by Gasteiger charge is 2.21. The number of imidazole rings is 1. The first-order chi connectivity index (χ1) is 8.86. The van der Waals surface area contributed by atoms with Gasteiger partial charge in [-0.05, 0) is 37.6 Å². The van der Waals surface area contributed by atoms with E-state index in [9.17, 15) is 8.42 Å². The second-order valence-corrected chi connectivity index (χ2v) is 7.03. The molecule has 19 heavy (non-hydrogen) atoms. The highest BCUT2D eigenvalue weighted by Crippen LogP contribution is 2.22. The van der Waals surface area contributed by atoms with Crippen molar-refractivity contribution in [1.29, 1.82) is 0 Å². The Morgan fingerprint density at radius 2 is 2.00 bits per heavy atom. The zero-order valence-electron chi connectivity index (χ0n) is 11.0. The molecule has 0 unspecified atom stereocenters. The Hall–Kier alpha value is -1.14. The van der Waals surface area contributed by atoms with Gasteiger partial charge in [0.05, 0.1) is 10.6 Å². The molecule has 102 valence electrons. The van der Waals surface area contributed by atoms with E-state index in [2.05, 4.69) is 20.9 Å². The number of rotatable bonds is 3. The van der Waals surface area contributed by atoms with E-state index in [-0.39, 0.29) is 4.90 Å². The van der Waals surface area contributed by atoms with E-state index < -0.39 is 10.0 Å². The highest BCUT2D eigenvalue weighted by molar-refractivity contribution is 9.10. The molecule has 0 aliphatic rings. The first-order valence-electron chi connectivity index (χ1n) is 5.93. The molecule has 0 aliphatic heterocycles. The lowest BCUT2D eigenvalue weighted by molar-refractivity contribution is 0.584. The topological polar surface area (TPSA) is 52.0 Å². The molecule has 0 radical (unpaired) electrons. The summed E-state index contributed by atoms with van der Waals surface area (Å²) < 4.78 is 27.4. The lowest BCUT2D eigenvalue weighted by atomic mass is 10.2. The summed E-state index contributed by atoms with van der Waals surface area (Å²) in [6.07, 6.45) is 2.13. The molecule has 1 heterocycles. The van der Waals surface area contributed by atoms with Crippen LogP contribution in [0.1, 0.15) is 24.0 Å². The van der Waals surface area contributed by atoms with Crippen LogP contribution >= 0.6 is 15.9 Å². The van der Waals surface area contributed by atoms with Gasteiger partial charge >= 0.3 is 0 Å². The normalized spacial score (nSPS) is 11.8. The Balaban J connectivity index is 2.61. The van der Waals surface area contributed by atoms with E-state index in [1.165, 1.54) is 3.97 Å². The third-order valence-corrected chi connectivity index (χ3v) is 5.44. The smallest absolute Gasteiger partial charge is 0.238 e. The van der Waals surface area contributed by atoms with Gasteiger partial charge in [0.1, 0.15) is 5.82 Å². The van der Waals surface area contributed by atoms with E-state index in [4.69, 9.17) is 0 Å². The maximum Gasteiger partial charge on any atom is 0.269 e. The van der Waals surface area contributed by atoms with Crippen LogP contribution in [0.3, 0.4) is 0 Å². The molecule has 0 saturated heterocycles. The number of hydrogen-bond donors (Lipinski definition) is 0. The van der Waals surface area contributed by atoms with Gasteiger partial charge in [-0.25, -0.2) is 17.4 Å². The monoisotopic (exact) mass is 342 g/mol. The maximum absolute atomic E-state index is 12.6. The van der Waals surface area contributed by atoms with Crippen LogP contribution in [0.4, 0.5) is 0 Å². The van der Waals surface area contributed by atoms with Crippen LogP contribution in [-0.2, 0) is 16.4 Å². The number of aromatic nitrogens is 2. The summed E-state index contributed by atoms with van der Waals surface area (Å²) in [5, 5.41) is 0. The van der Waals surface area contributed by atoms with Gasteiger partial charge in [-0.1, -0.05) is 22.9 Å². The lowest BCUT2D eigenvalue weighted by Crippen LogP contribution is -2.15. The van der Waals surface area contributed by atoms with Gasteiger partial charge in [-0.2, -0.15) is 0 Å². The number of benzene rings is 1. The van der Waals surface area contributed by atoms with Crippen molar-refractivity contribution in [2.24, 2.45) is 0 Å². The van der Waals surface area contributed by atoms with E-state index in [0.29, 0.717) is 17.9 Å². The van der Waals surface area contributed by atoms with Gasteiger partial charge in [-0.15, -0.1) is 0 Å². The van der Waals surface area contributed by atoms with Gasteiger partial charge in [0.15, 0.2) is 0 Å². The molecule has 2 aromatic rings. The number of hydrogen-bond acceptors (Lipinski definition) is 3. The molecule has 0 saturated carbocycles. The van der Waals surface area contributed by atoms with Crippen LogP contribution in [0.2, 0.25) is 0 Å². The predicted molar refractivity (Wildman–Crippen MR) is 77.8 cm³/mol. The lowest BCUT2D eigenvalue weighted by Gasteiger charge is -2.09. The third kappa shape index (κ3) is 2.60. The molecule has 1 aromatic carbocycles. The summed E-state index contributed by atoms with van der Waals surface area (Å²) in [6, 6.07) is 5.01. The summed E-state index contributed by atoms with van der Waals surface area (Å²) in [4.78, 5) is 4.51. The molecule has 2 rings (SSSR count). The summed E-state index contributed by atoms with van der Waals surface area (Å²) in [5.74, 6) is 0.554. The molecule has 0 bridgehead atoms. The van der Waals surface area contributed by atoms with Gasteiger partial charge in [0.2, 0.25) is 0 Å². The van der Waals surface area contributed by atoms with Crippen LogP contribution in [-0.4, -0.2) is 17.4 Å². The van der Waals surface area contributed by atoms with Crippen molar-refractivity contribution in [3.05, 3.63) is 46.0 Å². The molecular formula is C13H15BrN2O2S. The van der Waals surface area contributed by atoms with Crippen molar-refractivity contribution in [3.63, 3.8) is 0 Å². The molecule has 6 heteroatoms. The largest absolute Gasteiger partial charge is 0.269 e. The SMILES string of the molecule is CCc1nc(C)cn1S(=O)(=O)c1ccc(Br)c(C)c1. The second kappa shape index (κ2) is 5.09. The summed E-state index contributed by atoms with van der Waals surface area (Å²) in [5.41, 5.74) is 1.59. The molecule has 0 amide bonds. The van der Waals surface area contributed by atoms with E-state index >= 15 is 0 Å². The molecule has 0 spiro atoms. The van der Waals surface area contributed by atoms with Gasteiger partial charge in [-0.3, -0.25) is 0 Å². The minimum absolute atomic E-state index is 0.278. The fourth-order valence-corrected chi connectivity index (χ4v) is 3.64. The average Bonchev–Trinajstić information content (AvgIpc) is 2.74. The van der Waals surface area contributed by atoms with Gasteiger partial charge < -0.3 is 0 Å². The van der Waals surface area contributed by atoms with Crippen molar-refractivity contribution >= 4 is 26.0 Å². The van der Waals surface area contributed by atoms with E-state index in [1.807, 2.05) is 13.8 Å². The number of halogens is 1. The number of aryl methyl sites for hydroxylation is 3. The van der Waals surface area contributed by atoms with Crippen molar-refractivity contribution in [2.75, 3.05) is 0 Å². The fraction of sp³-hybridized carbons (Fsp3) is 0.308. The highest BCUT2D eigenvalue weighted by atomic mass is 79.9. The maximum atomic E-state index is 12.6. The van der Waals surface area contributed by atoms with Crippen molar-refractivity contribution in [3.8, 4) is 0 Å². The zero-order valence-corrected chi connectivity index (χ0v) is 13.4. The van der Waals surface area contributed by atoms with Gasteiger partial charge in [0, 0.05) is 17.1 Å². The quantitative estimate of drug-likeness (QED) is 0.861. The minimum Gasteiger partial charge on any atom is -0.238 e. The molecule has 0 fully saturated rings. The molecule has 4 nitrogen and oxygen atoms in total. The Labute approximate surface area is 121 Å². The Morgan fingerprint density at radius 3 is 2.58 bits per heavy atom. The zero-order chi connectivity index (χ0) is 14.2. The van der Waals surface area contributed by atoms with Crippen molar-refractivity contribution in [2.45, 2.75) is 32.1 Å². The van der Waals surface area contributed by atoms with E-state index in [1.54, 1.807) is 31.3 Å². The third-order valence-electron chi connectivity index (χ3n) is 2.87. The first-order valence-corrected chi connectivity index (χ1v) is 8.16. The van der Waals surface area contributed by atoms with Crippen LogP contribution < -0.4 is 0 Å². The minimum atomic E-state index is -3.57. The first kappa shape index (κ1) is 14.3. The molecular weight excluding hydrogens is 328 g/mol. The molecule has 0 N–H and O–H groups in total. The van der Waals surface area contributed by atoms with Crippen LogP contribution in [0.15, 0.2) is 33.8 Å². The Bertz CT molecular complexity index is 720. The molecule has 0 aliphatic carbocycles. The Kier molecular flexibility index (Phi) is 3.82. The number of nitrogens with zero attached hydrogens (tertiary/aromatic N) is 2. The summed E-state index contributed by atoms with van der Waals surface area (Å²) >= 11 is 3.37. The predicted octanol–water partition coefficient (Wildman–Crippen LogP) is 3.06. The van der Waals surface area contributed by atoms with Crippen LogP contribution in [0.5, 0.6) is 0 Å². The van der Waals surface area contributed by atoms with Crippen molar-refractivity contribution in [1.82, 2.24) is 8.96 Å². The van der Waals surface area contributed by atoms with Gasteiger partial charge in [0.25, 0.3) is 10.0 Å². The average molecular weight is 343 g/mol. The fourth-order valence-electron chi connectivity index (χ4n) is 1.86. The molecule has 1 aromatic heterocycles.